The Hall–Kier alpha value is -3.82. The molecule has 0 unspecified atom stereocenters. The third kappa shape index (κ3) is 4.37. The molecule has 0 saturated heterocycles. The number of halogens is 3. The van der Waals surface area contributed by atoms with Gasteiger partial charge >= 0.3 is 0 Å². The molecule has 0 aliphatic heterocycles. The Labute approximate surface area is 162 Å². The number of pyridine rings is 2. The number of hydrogen-bond acceptors (Lipinski definition) is 5. The molecule has 150 valence electrons. The predicted octanol–water partition coefficient (Wildman–Crippen LogP) is 2.46. The van der Waals surface area contributed by atoms with E-state index >= 15 is 0 Å². The van der Waals surface area contributed by atoms with E-state index in [4.69, 9.17) is 5.73 Å². The number of aromatic amines is 1. The molecule has 10 heteroatoms. The number of amides is 1. The third-order valence-electron chi connectivity index (χ3n) is 4.03. The highest BCUT2D eigenvalue weighted by atomic mass is 19.1. The fourth-order valence-electron chi connectivity index (χ4n) is 2.64. The number of H-pyrrole nitrogens is 1. The summed E-state index contributed by atoms with van der Waals surface area (Å²) in [6.45, 7) is -1.22. The van der Waals surface area contributed by atoms with Crippen molar-refractivity contribution in [1.82, 2.24) is 15.3 Å². The van der Waals surface area contributed by atoms with Gasteiger partial charge in [0.05, 0.1) is 17.3 Å². The topological polar surface area (TPSA) is 110 Å². The molecule has 0 spiro atoms. The van der Waals surface area contributed by atoms with E-state index in [0.29, 0.717) is 0 Å². The smallest absolute Gasteiger partial charge is 0.271 e. The van der Waals surface area contributed by atoms with Crippen LogP contribution in [0, 0.1) is 11.6 Å². The highest BCUT2D eigenvalue weighted by Crippen LogP contribution is 2.27. The van der Waals surface area contributed by atoms with Crippen LogP contribution in [0.5, 0.6) is 5.75 Å². The van der Waals surface area contributed by atoms with Crippen LogP contribution in [-0.2, 0) is 0 Å². The SMILES string of the molecule is Nc1cc(C(=O)N[C@@H](c2ccc(OCF)c(F)c2)c2ncccc2F)c[nH]c1=O. The predicted molar refractivity (Wildman–Crippen MR) is 98.0 cm³/mol. The van der Waals surface area contributed by atoms with Crippen LogP contribution in [0.15, 0.2) is 53.6 Å². The molecule has 0 aliphatic carbocycles. The number of carbonyl (C=O) groups is 1. The standard InChI is InChI=1S/C19H15F3N4O3/c20-9-29-15-4-3-10(6-13(15)22)16(17-12(21)2-1-5-24-17)26-18(27)11-7-14(23)19(28)25-8-11/h1-8,16H,9,23H2,(H,25,28)(H,26,27)/t16-/m0/s1. The maximum absolute atomic E-state index is 14.3. The number of benzene rings is 1. The van der Waals surface area contributed by atoms with Gasteiger partial charge in [0.1, 0.15) is 11.5 Å². The number of carbonyl (C=O) groups excluding carboxylic acids is 1. The van der Waals surface area contributed by atoms with Crippen molar-refractivity contribution in [2.75, 3.05) is 12.6 Å². The summed E-state index contributed by atoms with van der Waals surface area (Å²) >= 11 is 0. The van der Waals surface area contributed by atoms with E-state index in [2.05, 4.69) is 20.0 Å². The lowest BCUT2D eigenvalue weighted by molar-refractivity contribution is 0.0941. The molecule has 29 heavy (non-hydrogen) atoms. The van der Waals surface area contributed by atoms with Crippen molar-refractivity contribution in [2.45, 2.75) is 6.04 Å². The third-order valence-corrected chi connectivity index (χ3v) is 4.03. The van der Waals surface area contributed by atoms with E-state index in [1.165, 1.54) is 18.3 Å². The van der Waals surface area contributed by atoms with E-state index < -0.39 is 36.0 Å². The number of alkyl halides is 1. The molecule has 1 atom stereocenters. The van der Waals surface area contributed by atoms with Crippen molar-refractivity contribution >= 4 is 11.6 Å². The van der Waals surface area contributed by atoms with E-state index in [-0.39, 0.29) is 28.3 Å². The number of nitrogens with zero attached hydrogens (tertiary/aromatic N) is 1. The first kappa shape index (κ1) is 19.9. The molecular weight excluding hydrogens is 389 g/mol. The van der Waals surface area contributed by atoms with Gasteiger partial charge in [0.15, 0.2) is 11.6 Å². The number of nitrogen functional groups attached to an aromatic ring is 1. The van der Waals surface area contributed by atoms with Crippen LogP contribution in [0.1, 0.15) is 27.7 Å². The Morgan fingerprint density at radius 2 is 2.03 bits per heavy atom. The first-order valence-electron chi connectivity index (χ1n) is 8.28. The van der Waals surface area contributed by atoms with Crippen LogP contribution in [0.4, 0.5) is 18.9 Å². The number of ether oxygens (including phenoxy) is 1. The summed E-state index contributed by atoms with van der Waals surface area (Å²) in [7, 11) is 0. The van der Waals surface area contributed by atoms with Gasteiger partial charge in [0, 0.05) is 12.4 Å². The van der Waals surface area contributed by atoms with Crippen molar-refractivity contribution in [3.05, 3.63) is 87.6 Å². The Kier molecular flexibility index (Phi) is 5.82. The average Bonchev–Trinajstić information content (AvgIpc) is 2.70. The van der Waals surface area contributed by atoms with Gasteiger partial charge in [0.25, 0.3) is 11.5 Å². The van der Waals surface area contributed by atoms with Crippen molar-refractivity contribution in [2.24, 2.45) is 0 Å². The summed E-state index contributed by atoms with van der Waals surface area (Å²) < 4.78 is 45.4. The van der Waals surface area contributed by atoms with Crippen molar-refractivity contribution in [1.29, 1.82) is 0 Å². The molecule has 1 aromatic carbocycles. The zero-order chi connectivity index (χ0) is 21.0. The van der Waals surface area contributed by atoms with Crippen molar-refractivity contribution in [3.8, 4) is 5.75 Å². The van der Waals surface area contributed by atoms with Crippen LogP contribution >= 0.6 is 0 Å². The molecule has 3 aromatic rings. The summed E-state index contributed by atoms with van der Waals surface area (Å²) in [6.07, 6.45) is 2.45. The molecule has 0 radical (unpaired) electrons. The maximum Gasteiger partial charge on any atom is 0.271 e. The fourth-order valence-corrected chi connectivity index (χ4v) is 2.64. The van der Waals surface area contributed by atoms with Crippen LogP contribution in [0.3, 0.4) is 0 Å². The summed E-state index contributed by atoms with van der Waals surface area (Å²) in [5.41, 5.74) is 4.72. The molecule has 0 saturated carbocycles. The lowest BCUT2D eigenvalue weighted by atomic mass is 10.0. The molecule has 3 rings (SSSR count). The van der Waals surface area contributed by atoms with Gasteiger partial charge in [-0.05, 0) is 35.9 Å². The second kappa shape index (κ2) is 8.46. The Morgan fingerprint density at radius 3 is 2.69 bits per heavy atom. The molecule has 7 nitrogen and oxygen atoms in total. The van der Waals surface area contributed by atoms with Crippen LogP contribution < -0.4 is 21.3 Å². The first-order chi connectivity index (χ1) is 13.9. The maximum atomic E-state index is 14.3. The lowest BCUT2D eigenvalue weighted by Crippen LogP contribution is -2.31. The zero-order valence-corrected chi connectivity index (χ0v) is 14.8. The highest BCUT2D eigenvalue weighted by Gasteiger charge is 2.24. The molecule has 2 heterocycles. The number of anilines is 1. The zero-order valence-electron chi connectivity index (χ0n) is 14.8. The fraction of sp³-hybridized carbons (Fsp3) is 0.105. The number of nitrogens with one attached hydrogen (secondary N) is 2. The summed E-state index contributed by atoms with van der Waals surface area (Å²) in [5.74, 6) is -2.68. The van der Waals surface area contributed by atoms with Crippen LogP contribution in [0.2, 0.25) is 0 Å². The Bertz CT molecular complexity index is 1100. The van der Waals surface area contributed by atoms with Gasteiger partial charge in [-0.25, -0.2) is 13.2 Å². The van der Waals surface area contributed by atoms with Gasteiger partial charge in [-0.1, -0.05) is 6.07 Å². The van der Waals surface area contributed by atoms with E-state index in [9.17, 15) is 22.8 Å². The average molecular weight is 404 g/mol. The van der Waals surface area contributed by atoms with Gasteiger partial charge in [0.2, 0.25) is 6.86 Å². The number of rotatable bonds is 6. The first-order valence-corrected chi connectivity index (χ1v) is 8.28. The molecule has 0 bridgehead atoms. The largest absolute Gasteiger partial charge is 0.460 e. The van der Waals surface area contributed by atoms with Gasteiger partial charge < -0.3 is 20.8 Å². The number of hydrogen-bond donors (Lipinski definition) is 3. The minimum atomic E-state index is -1.22. The van der Waals surface area contributed by atoms with Crippen LogP contribution in [0.25, 0.3) is 0 Å². The highest BCUT2D eigenvalue weighted by molar-refractivity contribution is 5.95. The molecular formula is C19H15F3N4O3. The van der Waals surface area contributed by atoms with Gasteiger partial charge in [-0.3, -0.25) is 14.6 Å². The van der Waals surface area contributed by atoms with E-state index in [0.717, 1.165) is 30.5 Å². The normalized spacial score (nSPS) is 11.7. The number of nitrogens with two attached hydrogens (primary N) is 1. The monoisotopic (exact) mass is 404 g/mol. The lowest BCUT2D eigenvalue weighted by Gasteiger charge is -2.20. The minimum absolute atomic E-state index is 0.00120. The quantitative estimate of drug-likeness (QED) is 0.585. The summed E-state index contributed by atoms with van der Waals surface area (Å²) in [4.78, 5) is 30.2. The molecule has 0 fully saturated rings. The molecule has 2 aromatic heterocycles. The van der Waals surface area contributed by atoms with Crippen LogP contribution in [-0.4, -0.2) is 22.7 Å². The van der Waals surface area contributed by atoms with E-state index in [1.54, 1.807) is 0 Å². The second-order valence-corrected chi connectivity index (χ2v) is 5.89. The van der Waals surface area contributed by atoms with E-state index in [1.807, 2.05) is 0 Å². The van der Waals surface area contributed by atoms with Gasteiger partial charge in [-0.15, -0.1) is 0 Å². The Morgan fingerprint density at radius 1 is 1.24 bits per heavy atom. The molecule has 4 N–H and O–H groups in total. The molecule has 0 aliphatic rings. The van der Waals surface area contributed by atoms with Crippen molar-refractivity contribution < 1.29 is 22.7 Å². The number of aromatic nitrogens is 2. The second-order valence-electron chi connectivity index (χ2n) is 5.89. The molecule has 1 amide bonds. The summed E-state index contributed by atoms with van der Waals surface area (Å²) in [6, 6.07) is 5.93. The van der Waals surface area contributed by atoms with Crippen molar-refractivity contribution in [3.63, 3.8) is 0 Å². The minimum Gasteiger partial charge on any atom is -0.460 e. The summed E-state index contributed by atoms with van der Waals surface area (Å²) in [5, 5.41) is 2.53. The Balaban J connectivity index is 2.01. The van der Waals surface area contributed by atoms with Gasteiger partial charge in [-0.2, -0.15) is 0 Å².